The molecule has 13 heavy (non-hydrogen) atoms. The van der Waals surface area contributed by atoms with Gasteiger partial charge in [0.25, 0.3) is 0 Å². The summed E-state index contributed by atoms with van der Waals surface area (Å²) in [5.74, 6) is -3.56. The van der Waals surface area contributed by atoms with E-state index in [1.165, 1.54) is 0 Å². The number of carboxylic acid groups (broad SMARTS) is 2. The zero-order valence-corrected chi connectivity index (χ0v) is 8.28. The summed E-state index contributed by atoms with van der Waals surface area (Å²) < 4.78 is 0. The van der Waals surface area contributed by atoms with Crippen molar-refractivity contribution in [1.82, 2.24) is 0 Å². The number of aliphatic carboxylic acids is 2. The summed E-state index contributed by atoms with van der Waals surface area (Å²) in [5.41, 5.74) is 0. The van der Waals surface area contributed by atoms with Crippen LogP contribution in [0.1, 0.15) is 28.1 Å². The molecular weight excluding hydrogens is 167 g/mol. The molecule has 0 aliphatic carbocycles. The standard InChI is InChI=1S/C8H14O4.Li.H/c1-3-5(7(9)10)6(4-2)8(11)12;;/h5-6H,3-4H2,1-2H3,(H,9,10)(H,11,12);;/q;+1;-1. The van der Waals surface area contributed by atoms with Crippen LogP contribution in [0.3, 0.4) is 0 Å². The van der Waals surface area contributed by atoms with Gasteiger partial charge in [-0.2, -0.15) is 0 Å². The average molecular weight is 182 g/mol. The van der Waals surface area contributed by atoms with Crippen molar-refractivity contribution in [2.45, 2.75) is 26.7 Å². The van der Waals surface area contributed by atoms with E-state index in [4.69, 9.17) is 10.2 Å². The second kappa shape index (κ2) is 6.99. The van der Waals surface area contributed by atoms with Crippen molar-refractivity contribution in [3.63, 3.8) is 0 Å². The van der Waals surface area contributed by atoms with Crippen LogP contribution in [-0.2, 0) is 9.59 Å². The predicted molar refractivity (Wildman–Crippen MR) is 43.9 cm³/mol. The summed E-state index contributed by atoms with van der Waals surface area (Å²) in [5, 5.41) is 17.3. The van der Waals surface area contributed by atoms with Gasteiger partial charge in [0.15, 0.2) is 0 Å². The number of rotatable bonds is 5. The van der Waals surface area contributed by atoms with E-state index in [1.807, 2.05) is 0 Å². The van der Waals surface area contributed by atoms with Crippen molar-refractivity contribution in [2.75, 3.05) is 0 Å². The van der Waals surface area contributed by atoms with Gasteiger partial charge in [0, 0.05) is 0 Å². The Labute approximate surface area is 91.0 Å². The van der Waals surface area contributed by atoms with Crippen LogP contribution in [0.4, 0.5) is 0 Å². The van der Waals surface area contributed by atoms with E-state index in [1.54, 1.807) is 13.8 Å². The maximum atomic E-state index is 10.6. The van der Waals surface area contributed by atoms with E-state index in [2.05, 4.69) is 0 Å². The molecule has 0 rings (SSSR count). The third-order valence-corrected chi connectivity index (χ3v) is 2.00. The average Bonchev–Trinajstić information content (AvgIpc) is 1.98. The monoisotopic (exact) mass is 182 g/mol. The molecule has 2 unspecified atom stereocenters. The van der Waals surface area contributed by atoms with Gasteiger partial charge in [0.2, 0.25) is 0 Å². The molecule has 0 amide bonds. The van der Waals surface area contributed by atoms with Crippen molar-refractivity contribution in [3.8, 4) is 0 Å². The molecule has 0 spiro atoms. The maximum absolute atomic E-state index is 10.6. The summed E-state index contributed by atoms with van der Waals surface area (Å²) in [4.78, 5) is 21.1. The van der Waals surface area contributed by atoms with E-state index in [9.17, 15) is 9.59 Å². The first kappa shape index (κ1) is 15.0. The molecule has 0 aliphatic rings. The smallest absolute Gasteiger partial charge is 1.00 e. The summed E-state index contributed by atoms with van der Waals surface area (Å²) in [6.45, 7) is 3.37. The Morgan fingerprint density at radius 1 is 1.08 bits per heavy atom. The summed E-state index contributed by atoms with van der Waals surface area (Å²) in [7, 11) is 0. The summed E-state index contributed by atoms with van der Waals surface area (Å²) in [6.07, 6.45) is 0.723. The minimum atomic E-state index is -1.02. The first-order valence-corrected chi connectivity index (χ1v) is 4.00. The van der Waals surface area contributed by atoms with Gasteiger partial charge < -0.3 is 11.6 Å². The Morgan fingerprint density at radius 2 is 1.31 bits per heavy atom. The molecule has 0 aromatic rings. The zero-order chi connectivity index (χ0) is 9.72. The molecule has 0 bridgehead atoms. The molecule has 0 saturated heterocycles. The topological polar surface area (TPSA) is 74.6 Å². The van der Waals surface area contributed by atoms with Gasteiger partial charge >= 0.3 is 30.8 Å². The van der Waals surface area contributed by atoms with Crippen molar-refractivity contribution in [1.29, 1.82) is 0 Å². The van der Waals surface area contributed by atoms with Crippen molar-refractivity contribution in [2.24, 2.45) is 11.8 Å². The second-order valence-electron chi connectivity index (χ2n) is 2.71. The Hall–Kier alpha value is -0.463. The fourth-order valence-electron chi connectivity index (χ4n) is 1.26. The SMILES string of the molecule is CCC(C(=O)O)C(CC)C(=O)O.[H-].[Li+]. The van der Waals surface area contributed by atoms with Gasteiger partial charge in [0.1, 0.15) is 0 Å². The van der Waals surface area contributed by atoms with Gasteiger partial charge in [-0.25, -0.2) is 0 Å². The van der Waals surface area contributed by atoms with Crippen molar-refractivity contribution >= 4 is 11.9 Å². The Balaban J connectivity index is -0.000000605. The van der Waals surface area contributed by atoms with Crippen LogP contribution in [0.15, 0.2) is 0 Å². The molecule has 5 heteroatoms. The van der Waals surface area contributed by atoms with Gasteiger partial charge in [-0.05, 0) is 12.8 Å². The largest absolute Gasteiger partial charge is 1.00 e. The molecule has 2 atom stereocenters. The van der Waals surface area contributed by atoms with E-state index in [-0.39, 0.29) is 20.3 Å². The van der Waals surface area contributed by atoms with Gasteiger partial charge in [-0.3, -0.25) is 9.59 Å². The summed E-state index contributed by atoms with van der Waals surface area (Å²) >= 11 is 0. The van der Waals surface area contributed by atoms with E-state index in [0.29, 0.717) is 12.8 Å². The van der Waals surface area contributed by atoms with Gasteiger partial charge in [-0.1, -0.05) is 13.8 Å². The van der Waals surface area contributed by atoms with Crippen LogP contribution in [0, 0.1) is 11.8 Å². The molecule has 0 fully saturated rings. The molecular formula is C8H15LiO4. The normalized spacial score (nSPS) is 14.0. The number of carbonyl (C=O) groups is 2. The Kier molecular flexibility index (Phi) is 8.08. The molecule has 0 aromatic carbocycles. The minimum Gasteiger partial charge on any atom is -1.00 e. The van der Waals surface area contributed by atoms with Crippen LogP contribution in [0.2, 0.25) is 0 Å². The molecule has 0 radical (unpaired) electrons. The quantitative estimate of drug-likeness (QED) is 0.498. The van der Waals surface area contributed by atoms with E-state index in [0.717, 1.165) is 0 Å². The van der Waals surface area contributed by atoms with Crippen LogP contribution in [-0.4, -0.2) is 22.2 Å². The van der Waals surface area contributed by atoms with E-state index >= 15 is 0 Å². The molecule has 0 aliphatic heterocycles. The van der Waals surface area contributed by atoms with Crippen LogP contribution >= 0.6 is 0 Å². The van der Waals surface area contributed by atoms with E-state index < -0.39 is 23.8 Å². The first-order chi connectivity index (χ1) is 5.54. The predicted octanol–water partition coefficient (Wildman–Crippen LogP) is -1.68. The summed E-state index contributed by atoms with van der Waals surface area (Å²) in [6, 6.07) is 0. The Bertz CT molecular complexity index is 166. The van der Waals surface area contributed by atoms with Crippen LogP contribution < -0.4 is 18.9 Å². The van der Waals surface area contributed by atoms with Gasteiger partial charge in [-0.15, -0.1) is 0 Å². The number of hydrogen-bond acceptors (Lipinski definition) is 2. The fourth-order valence-corrected chi connectivity index (χ4v) is 1.26. The Morgan fingerprint density at radius 3 is 1.38 bits per heavy atom. The third kappa shape index (κ3) is 4.35. The zero-order valence-electron chi connectivity index (χ0n) is 9.28. The molecule has 0 saturated carbocycles. The molecule has 4 nitrogen and oxygen atoms in total. The van der Waals surface area contributed by atoms with Crippen LogP contribution in [0.25, 0.3) is 0 Å². The molecule has 2 N–H and O–H groups in total. The van der Waals surface area contributed by atoms with Crippen molar-refractivity contribution < 1.29 is 40.1 Å². The number of hydrogen-bond donors (Lipinski definition) is 2. The molecule has 0 aromatic heterocycles. The number of carboxylic acids is 2. The third-order valence-electron chi connectivity index (χ3n) is 2.00. The van der Waals surface area contributed by atoms with Gasteiger partial charge in [0.05, 0.1) is 11.8 Å². The minimum absolute atomic E-state index is 0. The second-order valence-corrected chi connectivity index (χ2v) is 2.71. The van der Waals surface area contributed by atoms with Crippen molar-refractivity contribution in [3.05, 3.63) is 0 Å². The van der Waals surface area contributed by atoms with Crippen LogP contribution in [0.5, 0.6) is 0 Å². The first-order valence-electron chi connectivity index (χ1n) is 4.00. The fraction of sp³-hybridized carbons (Fsp3) is 0.750. The molecule has 72 valence electrons. The maximum Gasteiger partial charge on any atom is 1.00 e. The molecule has 0 heterocycles.